The number of carbonyl (C=O) groups is 2. The van der Waals surface area contributed by atoms with Crippen molar-refractivity contribution in [3.8, 4) is 0 Å². The summed E-state index contributed by atoms with van der Waals surface area (Å²) >= 11 is 0. The smallest absolute Gasteiger partial charge is 0.354 e. The van der Waals surface area contributed by atoms with E-state index in [1.165, 1.54) is 18.3 Å². The van der Waals surface area contributed by atoms with E-state index in [1.54, 1.807) is 12.3 Å². The summed E-state index contributed by atoms with van der Waals surface area (Å²) in [4.78, 5) is 25.9. The van der Waals surface area contributed by atoms with Crippen LogP contribution < -0.4 is 5.32 Å². The third-order valence-corrected chi connectivity index (χ3v) is 2.24. The molecule has 0 spiro atoms. The Labute approximate surface area is 102 Å². The van der Waals surface area contributed by atoms with Gasteiger partial charge < -0.3 is 10.4 Å². The minimum Gasteiger partial charge on any atom is -0.477 e. The molecule has 7 nitrogen and oxygen atoms in total. The Morgan fingerprint density at radius 1 is 1.33 bits per heavy atom. The molecule has 0 saturated carbocycles. The number of hydrogen-bond donors (Lipinski definition) is 3. The van der Waals surface area contributed by atoms with E-state index >= 15 is 0 Å². The van der Waals surface area contributed by atoms with E-state index in [9.17, 15) is 9.59 Å². The Morgan fingerprint density at radius 3 is 2.72 bits per heavy atom. The van der Waals surface area contributed by atoms with Crippen LogP contribution in [-0.4, -0.2) is 32.2 Å². The van der Waals surface area contributed by atoms with Crippen molar-refractivity contribution in [1.82, 2.24) is 20.5 Å². The van der Waals surface area contributed by atoms with Crippen molar-refractivity contribution in [2.45, 2.75) is 6.54 Å². The van der Waals surface area contributed by atoms with E-state index in [0.717, 1.165) is 5.69 Å². The van der Waals surface area contributed by atoms with Crippen LogP contribution in [0.4, 0.5) is 0 Å². The van der Waals surface area contributed by atoms with Gasteiger partial charge in [0.15, 0.2) is 0 Å². The average molecular weight is 246 g/mol. The zero-order valence-corrected chi connectivity index (χ0v) is 9.25. The standard InChI is InChI=1S/C11H10N4O3/c16-10(13-6-8-3-4-14-15-8)7-1-2-9(11(17)18)12-5-7/h1-5H,6H2,(H,13,16)(H,14,15)(H,17,18). The van der Waals surface area contributed by atoms with Crippen molar-refractivity contribution >= 4 is 11.9 Å². The van der Waals surface area contributed by atoms with E-state index in [-0.39, 0.29) is 11.6 Å². The van der Waals surface area contributed by atoms with Crippen LogP contribution in [0.3, 0.4) is 0 Å². The molecule has 0 fully saturated rings. The molecule has 2 aromatic heterocycles. The Kier molecular flexibility index (Phi) is 3.33. The molecule has 1 amide bonds. The molecule has 0 bridgehead atoms. The second kappa shape index (κ2) is 5.09. The quantitative estimate of drug-likeness (QED) is 0.725. The lowest BCUT2D eigenvalue weighted by Gasteiger charge is -2.03. The van der Waals surface area contributed by atoms with Crippen molar-refractivity contribution in [3.05, 3.63) is 47.5 Å². The number of carbonyl (C=O) groups excluding carboxylic acids is 1. The van der Waals surface area contributed by atoms with E-state index in [2.05, 4.69) is 20.5 Å². The number of aromatic nitrogens is 3. The van der Waals surface area contributed by atoms with Crippen LogP contribution in [0.25, 0.3) is 0 Å². The van der Waals surface area contributed by atoms with Gasteiger partial charge in [0.25, 0.3) is 5.91 Å². The summed E-state index contributed by atoms with van der Waals surface area (Å²) in [6, 6.07) is 4.44. The summed E-state index contributed by atoms with van der Waals surface area (Å²) in [6.07, 6.45) is 2.82. The number of rotatable bonds is 4. The van der Waals surface area contributed by atoms with Gasteiger partial charge in [0.05, 0.1) is 17.8 Å². The average Bonchev–Trinajstić information content (AvgIpc) is 2.89. The van der Waals surface area contributed by atoms with Gasteiger partial charge in [-0.15, -0.1) is 0 Å². The number of pyridine rings is 1. The fraction of sp³-hybridized carbons (Fsp3) is 0.0909. The molecule has 92 valence electrons. The monoisotopic (exact) mass is 246 g/mol. The van der Waals surface area contributed by atoms with Crippen molar-refractivity contribution in [3.63, 3.8) is 0 Å². The second-order valence-electron chi connectivity index (χ2n) is 3.50. The lowest BCUT2D eigenvalue weighted by molar-refractivity contribution is 0.0689. The summed E-state index contributed by atoms with van der Waals surface area (Å²) in [5.41, 5.74) is 0.984. The number of carboxylic acids is 1. The fourth-order valence-corrected chi connectivity index (χ4v) is 1.32. The lowest BCUT2D eigenvalue weighted by Crippen LogP contribution is -2.23. The number of amides is 1. The summed E-state index contributed by atoms with van der Waals surface area (Å²) in [5, 5.41) is 17.8. The van der Waals surface area contributed by atoms with Crippen molar-refractivity contribution < 1.29 is 14.7 Å². The van der Waals surface area contributed by atoms with Crippen molar-refractivity contribution in [1.29, 1.82) is 0 Å². The molecule has 18 heavy (non-hydrogen) atoms. The van der Waals surface area contributed by atoms with Crippen LogP contribution in [-0.2, 0) is 6.54 Å². The number of aromatic amines is 1. The fourth-order valence-electron chi connectivity index (χ4n) is 1.32. The highest BCUT2D eigenvalue weighted by molar-refractivity contribution is 5.94. The molecule has 0 radical (unpaired) electrons. The van der Waals surface area contributed by atoms with E-state index < -0.39 is 5.97 Å². The summed E-state index contributed by atoms with van der Waals surface area (Å²) in [6.45, 7) is 0.319. The summed E-state index contributed by atoms with van der Waals surface area (Å²) < 4.78 is 0. The van der Waals surface area contributed by atoms with Crippen LogP contribution in [0.5, 0.6) is 0 Å². The van der Waals surface area contributed by atoms with Gasteiger partial charge in [-0.1, -0.05) is 0 Å². The van der Waals surface area contributed by atoms with Crippen LogP contribution in [0, 0.1) is 0 Å². The largest absolute Gasteiger partial charge is 0.477 e. The maximum atomic E-state index is 11.7. The molecular weight excluding hydrogens is 236 g/mol. The molecule has 2 heterocycles. The Morgan fingerprint density at radius 2 is 2.17 bits per heavy atom. The lowest BCUT2D eigenvalue weighted by atomic mass is 10.2. The van der Waals surface area contributed by atoms with Crippen LogP contribution in [0.15, 0.2) is 30.6 Å². The van der Waals surface area contributed by atoms with Gasteiger partial charge in [0, 0.05) is 12.4 Å². The van der Waals surface area contributed by atoms with E-state index in [4.69, 9.17) is 5.11 Å². The van der Waals surface area contributed by atoms with Gasteiger partial charge in [-0.05, 0) is 18.2 Å². The molecule has 2 rings (SSSR count). The minimum absolute atomic E-state index is 0.0971. The van der Waals surface area contributed by atoms with Gasteiger partial charge in [-0.3, -0.25) is 9.89 Å². The Hall–Kier alpha value is -2.70. The highest BCUT2D eigenvalue weighted by Crippen LogP contribution is 2.01. The molecule has 3 N–H and O–H groups in total. The molecule has 7 heteroatoms. The number of aromatic carboxylic acids is 1. The summed E-state index contributed by atoms with van der Waals surface area (Å²) in [5.74, 6) is -1.45. The van der Waals surface area contributed by atoms with Crippen LogP contribution in [0.2, 0.25) is 0 Å². The first-order chi connectivity index (χ1) is 8.66. The maximum absolute atomic E-state index is 11.7. The van der Waals surface area contributed by atoms with Crippen molar-refractivity contribution in [2.75, 3.05) is 0 Å². The third-order valence-electron chi connectivity index (χ3n) is 2.24. The van der Waals surface area contributed by atoms with Gasteiger partial charge in [-0.25, -0.2) is 9.78 Å². The van der Waals surface area contributed by atoms with Gasteiger partial charge in [0.1, 0.15) is 5.69 Å². The highest BCUT2D eigenvalue weighted by Gasteiger charge is 2.08. The number of nitrogens with zero attached hydrogens (tertiary/aromatic N) is 2. The first-order valence-electron chi connectivity index (χ1n) is 5.12. The molecule has 0 saturated heterocycles. The normalized spacial score (nSPS) is 10.0. The molecule has 0 aliphatic heterocycles. The van der Waals surface area contributed by atoms with Gasteiger partial charge in [0.2, 0.25) is 0 Å². The minimum atomic E-state index is -1.13. The topological polar surface area (TPSA) is 108 Å². The predicted octanol–water partition coefficient (Wildman–Crippen LogP) is 0.433. The molecular formula is C11H10N4O3. The molecule has 0 aliphatic carbocycles. The number of H-pyrrole nitrogens is 1. The number of carboxylic acid groups (broad SMARTS) is 1. The molecule has 0 aliphatic rings. The SMILES string of the molecule is O=C(NCc1ccn[nH]1)c1ccc(C(=O)O)nc1. The molecule has 2 aromatic rings. The highest BCUT2D eigenvalue weighted by atomic mass is 16.4. The van der Waals surface area contributed by atoms with E-state index in [0.29, 0.717) is 12.1 Å². The zero-order valence-electron chi connectivity index (χ0n) is 9.25. The second-order valence-corrected chi connectivity index (χ2v) is 3.50. The van der Waals surface area contributed by atoms with E-state index in [1.807, 2.05) is 0 Å². The predicted molar refractivity (Wildman–Crippen MR) is 61.0 cm³/mol. The number of nitrogens with one attached hydrogen (secondary N) is 2. The van der Waals surface area contributed by atoms with Crippen molar-refractivity contribution in [2.24, 2.45) is 0 Å². The molecule has 0 atom stereocenters. The molecule has 0 aromatic carbocycles. The Balaban J connectivity index is 1.98. The first kappa shape index (κ1) is 11.8. The molecule has 0 unspecified atom stereocenters. The third kappa shape index (κ3) is 2.70. The Bertz CT molecular complexity index is 548. The number of hydrogen-bond acceptors (Lipinski definition) is 4. The van der Waals surface area contributed by atoms with Gasteiger partial charge >= 0.3 is 5.97 Å². The maximum Gasteiger partial charge on any atom is 0.354 e. The van der Waals surface area contributed by atoms with Gasteiger partial charge in [-0.2, -0.15) is 5.10 Å². The van der Waals surface area contributed by atoms with Crippen LogP contribution >= 0.6 is 0 Å². The first-order valence-corrected chi connectivity index (χ1v) is 5.12. The van der Waals surface area contributed by atoms with Crippen LogP contribution in [0.1, 0.15) is 26.5 Å². The summed E-state index contributed by atoms with van der Waals surface area (Å²) in [7, 11) is 0. The zero-order chi connectivity index (χ0) is 13.0.